The molecule has 0 heterocycles. The summed E-state index contributed by atoms with van der Waals surface area (Å²) in [5.74, 6) is -0.0886. The second-order valence-electron chi connectivity index (χ2n) is 3.92. The summed E-state index contributed by atoms with van der Waals surface area (Å²) in [5.41, 5.74) is 0.450. The molecule has 0 radical (unpaired) electrons. The highest BCUT2D eigenvalue weighted by Crippen LogP contribution is 2.23. The smallest absolute Gasteiger partial charge is 0.287 e. The molecule has 1 aromatic rings. The van der Waals surface area contributed by atoms with E-state index < -0.39 is 4.92 Å². The van der Waals surface area contributed by atoms with Gasteiger partial charge in [-0.25, -0.2) is 0 Å². The fourth-order valence-corrected chi connectivity index (χ4v) is 1.53. The fraction of sp³-hybridized carbons (Fsp3) is 0.333. The number of nitro benzene ring substituents is 1. The molecule has 0 saturated carbocycles. The van der Waals surface area contributed by atoms with E-state index in [1.165, 1.54) is 12.1 Å². The highest BCUT2D eigenvalue weighted by Gasteiger charge is 2.15. The zero-order chi connectivity index (χ0) is 14.4. The Morgan fingerprint density at radius 3 is 2.79 bits per heavy atom. The molecule has 0 bridgehead atoms. The molecule has 0 aliphatic carbocycles. The van der Waals surface area contributed by atoms with Crippen LogP contribution in [0.15, 0.2) is 18.2 Å². The molecule has 0 spiro atoms. The van der Waals surface area contributed by atoms with Crippen LogP contribution in [0.25, 0.3) is 0 Å². The number of nitro groups is 1. The van der Waals surface area contributed by atoms with Crippen molar-refractivity contribution in [3.63, 3.8) is 0 Å². The number of carbonyl (C=O) groups is 1. The molecule has 0 aliphatic rings. The van der Waals surface area contributed by atoms with Gasteiger partial charge in [0.2, 0.25) is 5.91 Å². The summed E-state index contributed by atoms with van der Waals surface area (Å²) < 4.78 is 0. The van der Waals surface area contributed by atoms with E-state index in [0.29, 0.717) is 18.7 Å². The van der Waals surface area contributed by atoms with E-state index in [1.807, 2.05) is 0 Å². The number of hydrogen-bond acceptors (Lipinski definition) is 5. The Bertz CT molecular complexity index is 536. The SMILES string of the molecule is CNC(=O)CCN(C)c1ccc([N+](=O)[O-])c(C#N)c1. The van der Waals surface area contributed by atoms with Crippen LogP contribution in [0.5, 0.6) is 0 Å². The molecule has 100 valence electrons. The molecular formula is C12H14N4O3. The minimum absolute atomic E-state index is 0.00860. The molecule has 1 aromatic carbocycles. The zero-order valence-electron chi connectivity index (χ0n) is 10.7. The van der Waals surface area contributed by atoms with E-state index in [4.69, 9.17) is 5.26 Å². The van der Waals surface area contributed by atoms with E-state index in [2.05, 4.69) is 5.32 Å². The third kappa shape index (κ3) is 3.67. The lowest BCUT2D eigenvalue weighted by atomic mass is 10.1. The monoisotopic (exact) mass is 262 g/mol. The number of amides is 1. The van der Waals surface area contributed by atoms with Gasteiger partial charge in [-0.05, 0) is 12.1 Å². The van der Waals surface area contributed by atoms with Crippen molar-refractivity contribution in [3.8, 4) is 6.07 Å². The minimum Gasteiger partial charge on any atom is -0.374 e. The van der Waals surface area contributed by atoms with Gasteiger partial charge in [0.15, 0.2) is 0 Å². The summed E-state index contributed by atoms with van der Waals surface area (Å²) in [4.78, 5) is 23.0. The third-order valence-electron chi connectivity index (χ3n) is 2.69. The summed E-state index contributed by atoms with van der Waals surface area (Å²) in [6.45, 7) is 0.461. The van der Waals surface area contributed by atoms with E-state index in [1.54, 1.807) is 31.1 Å². The van der Waals surface area contributed by atoms with Crippen LogP contribution in [0.3, 0.4) is 0 Å². The molecule has 0 saturated heterocycles. The summed E-state index contributed by atoms with van der Waals surface area (Å²) in [7, 11) is 3.31. The zero-order valence-corrected chi connectivity index (χ0v) is 10.7. The number of nitrogens with zero attached hydrogens (tertiary/aromatic N) is 3. The van der Waals surface area contributed by atoms with E-state index >= 15 is 0 Å². The van der Waals surface area contributed by atoms with Crippen LogP contribution in [0.2, 0.25) is 0 Å². The average Bonchev–Trinajstić information content (AvgIpc) is 2.43. The maximum Gasteiger partial charge on any atom is 0.287 e. The van der Waals surface area contributed by atoms with E-state index in [0.717, 1.165) is 0 Å². The van der Waals surface area contributed by atoms with Crippen LogP contribution in [0, 0.1) is 21.4 Å². The Morgan fingerprint density at radius 1 is 1.58 bits per heavy atom. The van der Waals surface area contributed by atoms with E-state index in [9.17, 15) is 14.9 Å². The molecule has 1 N–H and O–H groups in total. The Morgan fingerprint density at radius 2 is 2.26 bits per heavy atom. The second-order valence-corrected chi connectivity index (χ2v) is 3.92. The molecule has 1 amide bonds. The van der Waals surface area contributed by atoms with Crippen LogP contribution < -0.4 is 10.2 Å². The predicted octanol–water partition coefficient (Wildman–Crippen LogP) is 1.04. The van der Waals surface area contributed by atoms with Gasteiger partial charge in [0.1, 0.15) is 11.6 Å². The Balaban J connectivity index is 2.88. The second kappa shape index (κ2) is 6.35. The number of hydrogen-bond donors (Lipinski definition) is 1. The molecule has 7 heteroatoms. The normalized spacial score (nSPS) is 9.53. The molecule has 0 unspecified atom stereocenters. The number of nitriles is 1. The number of benzene rings is 1. The van der Waals surface area contributed by atoms with Crippen molar-refractivity contribution in [3.05, 3.63) is 33.9 Å². The third-order valence-corrected chi connectivity index (χ3v) is 2.69. The van der Waals surface area contributed by atoms with Gasteiger partial charge in [0.05, 0.1) is 4.92 Å². The van der Waals surface area contributed by atoms with Gasteiger partial charge in [-0.1, -0.05) is 0 Å². The number of rotatable bonds is 5. The Labute approximate surface area is 110 Å². The molecule has 0 aromatic heterocycles. The van der Waals surface area contributed by atoms with Gasteiger partial charge in [-0.2, -0.15) is 5.26 Å². The maximum atomic E-state index is 11.1. The van der Waals surface area contributed by atoms with Crippen molar-refractivity contribution in [2.75, 3.05) is 25.5 Å². The highest BCUT2D eigenvalue weighted by atomic mass is 16.6. The maximum absolute atomic E-state index is 11.1. The summed E-state index contributed by atoms with van der Waals surface area (Å²) in [5, 5.41) is 22.1. The van der Waals surface area contributed by atoms with Crippen molar-refractivity contribution in [1.29, 1.82) is 5.26 Å². The van der Waals surface area contributed by atoms with Crippen LogP contribution >= 0.6 is 0 Å². The first kappa shape index (κ1) is 14.4. The van der Waals surface area contributed by atoms with Gasteiger partial charge in [-0.3, -0.25) is 14.9 Å². The van der Waals surface area contributed by atoms with Crippen LogP contribution in [0.1, 0.15) is 12.0 Å². The van der Waals surface area contributed by atoms with Crippen molar-refractivity contribution in [1.82, 2.24) is 5.32 Å². The van der Waals surface area contributed by atoms with Gasteiger partial charge in [0.25, 0.3) is 5.69 Å². The molecule has 1 rings (SSSR count). The molecule has 7 nitrogen and oxygen atoms in total. The van der Waals surface area contributed by atoms with Crippen LogP contribution in [-0.2, 0) is 4.79 Å². The Hall–Kier alpha value is -2.62. The van der Waals surface area contributed by atoms with E-state index in [-0.39, 0.29) is 17.2 Å². The van der Waals surface area contributed by atoms with Crippen molar-refractivity contribution in [2.45, 2.75) is 6.42 Å². The number of anilines is 1. The summed E-state index contributed by atoms with van der Waals surface area (Å²) >= 11 is 0. The van der Waals surface area contributed by atoms with Crippen molar-refractivity contribution >= 4 is 17.3 Å². The van der Waals surface area contributed by atoms with Gasteiger partial charge in [-0.15, -0.1) is 0 Å². The summed E-state index contributed by atoms with van der Waals surface area (Å²) in [6, 6.07) is 6.10. The lowest BCUT2D eigenvalue weighted by Gasteiger charge is -2.18. The van der Waals surface area contributed by atoms with Gasteiger partial charge < -0.3 is 10.2 Å². The topological polar surface area (TPSA) is 99.3 Å². The van der Waals surface area contributed by atoms with Crippen LogP contribution in [-0.4, -0.2) is 31.5 Å². The molecule has 0 atom stereocenters. The number of carbonyl (C=O) groups excluding carboxylic acids is 1. The first-order chi connectivity index (χ1) is 8.99. The largest absolute Gasteiger partial charge is 0.374 e. The molecule has 19 heavy (non-hydrogen) atoms. The van der Waals surface area contributed by atoms with Crippen LogP contribution in [0.4, 0.5) is 11.4 Å². The van der Waals surface area contributed by atoms with Crippen molar-refractivity contribution < 1.29 is 9.72 Å². The van der Waals surface area contributed by atoms with Gasteiger partial charge >= 0.3 is 0 Å². The highest BCUT2D eigenvalue weighted by molar-refractivity contribution is 5.76. The minimum atomic E-state index is -0.590. The molecule has 0 fully saturated rings. The lowest BCUT2D eigenvalue weighted by Crippen LogP contribution is -2.26. The Kier molecular flexibility index (Phi) is 4.83. The molecule has 0 aliphatic heterocycles. The fourth-order valence-electron chi connectivity index (χ4n) is 1.53. The summed E-state index contributed by atoms with van der Waals surface area (Å²) in [6.07, 6.45) is 0.311. The van der Waals surface area contributed by atoms with Gasteiger partial charge in [0, 0.05) is 38.8 Å². The van der Waals surface area contributed by atoms with Crippen molar-refractivity contribution in [2.24, 2.45) is 0 Å². The molecular weight excluding hydrogens is 248 g/mol. The number of nitrogens with one attached hydrogen (secondary N) is 1. The first-order valence-corrected chi connectivity index (χ1v) is 5.60. The lowest BCUT2D eigenvalue weighted by molar-refractivity contribution is -0.385. The quantitative estimate of drug-likeness (QED) is 0.631. The first-order valence-electron chi connectivity index (χ1n) is 5.60. The average molecular weight is 262 g/mol. The predicted molar refractivity (Wildman–Crippen MR) is 69.8 cm³/mol. The standard InChI is InChI=1S/C12H14N4O3/c1-14-12(17)5-6-15(2)10-3-4-11(16(18)19)9(7-10)8-13/h3-4,7H,5-6H2,1-2H3,(H,14,17).